The van der Waals surface area contributed by atoms with E-state index in [1.807, 2.05) is 20.8 Å². The largest absolute Gasteiger partial charge is 0.329 e. The summed E-state index contributed by atoms with van der Waals surface area (Å²) in [7, 11) is 0. The van der Waals surface area contributed by atoms with Crippen LogP contribution in [0.25, 0.3) is 0 Å². The molecule has 0 radical (unpaired) electrons. The quantitative estimate of drug-likeness (QED) is 0.551. The van der Waals surface area contributed by atoms with Crippen LogP contribution in [0.15, 0.2) is 11.3 Å². The number of rotatable bonds is 3. The first-order valence-corrected chi connectivity index (χ1v) is 4.88. The summed E-state index contributed by atoms with van der Waals surface area (Å²) in [6, 6.07) is -0.292. The van der Waals surface area contributed by atoms with Crippen LogP contribution in [-0.2, 0) is 4.79 Å². The first-order chi connectivity index (χ1) is 6.57. The molecule has 1 saturated heterocycles. The van der Waals surface area contributed by atoms with Crippen LogP contribution in [-0.4, -0.2) is 23.4 Å². The number of nitrogens with zero attached hydrogens (tertiary/aromatic N) is 1. The molecule has 0 aliphatic carbocycles. The Morgan fingerprint density at radius 2 is 2.00 bits per heavy atom. The average Bonchev–Trinajstić information content (AvgIpc) is 2.40. The van der Waals surface area contributed by atoms with Gasteiger partial charge in [-0.25, -0.2) is 4.79 Å². The third kappa shape index (κ3) is 1.95. The number of amides is 3. The Bertz CT molecular complexity index is 290. The first kappa shape index (κ1) is 10.8. The van der Waals surface area contributed by atoms with Crippen molar-refractivity contribution in [3.05, 3.63) is 11.3 Å². The number of hydrogen-bond donors (Lipinski definition) is 1. The van der Waals surface area contributed by atoms with Crippen LogP contribution >= 0.6 is 0 Å². The molecule has 1 aliphatic rings. The molecule has 1 heterocycles. The lowest BCUT2D eigenvalue weighted by Crippen LogP contribution is -2.31. The van der Waals surface area contributed by atoms with Crippen LogP contribution < -0.4 is 5.32 Å². The van der Waals surface area contributed by atoms with Crippen LogP contribution in [0.4, 0.5) is 4.79 Å². The van der Waals surface area contributed by atoms with Gasteiger partial charge in [-0.2, -0.15) is 0 Å². The van der Waals surface area contributed by atoms with Crippen molar-refractivity contribution >= 4 is 11.9 Å². The second-order valence-corrected chi connectivity index (χ2v) is 3.62. The van der Waals surface area contributed by atoms with Crippen molar-refractivity contribution in [1.82, 2.24) is 10.2 Å². The SMILES string of the molecule is CCCCN1C(=O)NC(=C(C)C)C1=O. The topological polar surface area (TPSA) is 49.4 Å². The van der Waals surface area contributed by atoms with Crippen molar-refractivity contribution in [2.75, 3.05) is 6.54 Å². The Labute approximate surface area is 84.0 Å². The molecule has 0 saturated carbocycles. The number of allylic oxidation sites excluding steroid dienone is 1. The second-order valence-electron chi connectivity index (χ2n) is 3.62. The summed E-state index contributed by atoms with van der Waals surface area (Å²) < 4.78 is 0. The molecule has 1 N–H and O–H groups in total. The lowest BCUT2D eigenvalue weighted by atomic mass is 10.2. The van der Waals surface area contributed by atoms with Gasteiger partial charge in [0, 0.05) is 6.54 Å². The number of carbonyl (C=O) groups excluding carboxylic acids is 2. The van der Waals surface area contributed by atoms with Crippen molar-refractivity contribution in [2.45, 2.75) is 33.6 Å². The highest BCUT2D eigenvalue weighted by molar-refractivity contribution is 6.11. The molecule has 78 valence electrons. The Balaban J connectivity index is 2.76. The summed E-state index contributed by atoms with van der Waals surface area (Å²) in [5.74, 6) is -0.191. The number of nitrogens with one attached hydrogen (secondary N) is 1. The maximum atomic E-state index is 11.6. The zero-order valence-corrected chi connectivity index (χ0v) is 8.89. The molecule has 1 fully saturated rings. The molecule has 1 rings (SSSR count). The minimum atomic E-state index is -0.292. The van der Waals surface area contributed by atoms with E-state index in [9.17, 15) is 9.59 Å². The first-order valence-electron chi connectivity index (χ1n) is 4.88. The molecule has 4 nitrogen and oxygen atoms in total. The van der Waals surface area contributed by atoms with Gasteiger partial charge in [-0.1, -0.05) is 13.3 Å². The molecular weight excluding hydrogens is 180 g/mol. The van der Waals surface area contributed by atoms with Crippen molar-refractivity contribution in [1.29, 1.82) is 0 Å². The lowest BCUT2D eigenvalue weighted by Gasteiger charge is -2.10. The molecule has 3 amide bonds. The zero-order chi connectivity index (χ0) is 10.7. The molecule has 0 spiro atoms. The Hall–Kier alpha value is -1.32. The summed E-state index contributed by atoms with van der Waals surface area (Å²) in [6.07, 6.45) is 1.83. The van der Waals surface area contributed by atoms with Gasteiger partial charge < -0.3 is 5.32 Å². The number of urea groups is 1. The second kappa shape index (κ2) is 4.26. The minimum absolute atomic E-state index is 0.191. The molecule has 4 heteroatoms. The van der Waals surface area contributed by atoms with Crippen molar-refractivity contribution in [2.24, 2.45) is 0 Å². The Morgan fingerprint density at radius 3 is 2.43 bits per heavy atom. The third-order valence-electron chi connectivity index (χ3n) is 2.17. The summed E-state index contributed by atoms with van der Waals surface area (Å²) >= 11 is 0. The number of carbonyl (C=O) groups is 2. The van der Waals surface area contributed by atoms with Gasteiger partial charge >= 0.3 is 6.03 Å². The lowest BCUT2D eigenvalue weighted by molar-refractivity contribution is -0.123. The van der Waals surface area contributed by atoms with Crippen LogP contribution in [0, 0.1) is 0 Å². The maximum Gasteiger partial charge on any atom is 0.329 e. The highest BCUT2D eigenvalue weighted by Gasteiger charge is 2.33. The molecule has 0 atom stereocenters. The van der Waals surface area contributed by atoms with Gasteiger partial charge in [0.15, 0.2) is 0 Å². The number of hydrogen-bond acceptors (Lipinski definition) is 2. The smallest absolute Gasteiger partial charge is 0.303 e. The van der Waals surface area contributed by atoms with E-state index in [-0.39, 0.29) is 11.9 Å². The monoisotopic (exact) mass is 196 g/mol. The zero-order valence-electron chi connectivity index (χ0n) is 8.89. The normalized spacial score (nSPS) is 16.2. The molecule has 0 unspecified atom stereocenters. The molecule has 14 heavy (non-hydrogen) atoms. The molecule has 0 aromatic rings. The van der Waals surface area contributed by atoms with Crippen molar-refractivity contribution in [3.8, 4) is 0 Å². The van der Waals surface area contributed by atoms with Gasteiger partial charge in [-0.05, 0) is 25.8 Å². The number of imide groups is 1. The van der Waals surface area contributed by atoms with E-state index in [2.05, 4.69) is 5.32 Å². The van der Waals surface area contributed by atoms with E-state index >= 15 is 0 Å². The fourth-order valence-corrected chi connectivity index (χ4v) is 1.31. The van der Waals surface area contributed by atoms with Gasteiger partial charge in [0.1, 0.15) is 5.70 Å². The molecule has 1 aliphatic heterocycles. The fraction of sp³-hybridized carbons (Fsp3) is 0.600. The van der Waals surface area contributed by atoms with E-state index in [1.54, 1.807) is 0 Å². The number of unbranched alkanes of at least 4 members (excludes halogenated alkanes) is 1. The van der Waals surface area contributed by atoms with Crippen LogP contribution in [0.2, 0.25) is 0 Å². The predicted octanol–water partition coefficient (Wildman–Crippen LogP) is 1.63. The van der Waals surface area contributed by atoms with Crippen molar-refractivity contribution < 1.29 is 9.59 Å². The third-order valence-corrected chi connectivity index (χ3v) is 2.17. The summed E-state index contributed by atoms with van der Waals surface area (Å²) in [5, 5.41) is 2.58. The minimum Gasteiger partial charge on any atom is -0.303 e. The molecule has 0 bridgehead atoms. The molecular formula is C10H16N2O2. The van der Waals surface area contributed by atoms with E-state index in [0.717, 1.165) is 18.4 Å². The Kier molecular flexibility index (Phi) is 3.28. The van der Waals surface area contributed by atoms with E-state index in [4.69, 9.17) is 0 Å². The maximum absolute atomic E-state index is 11.6. The highest BCUT2D eigenvalue weighted by Crippen LogP contribution is 2.13. The highest BCUT2D eigenvalue weighted by atomic mass is 16.2. The van der Waals surface area contributed by atoms with E-state index in [1.165, 1.54) is 4.90 Å². The van der Waals surface area contributed by atoms with Gasteiger partial charge in [-0.15, -0.1) is 0 Å². The van der Waals surface area contributed by atoms with Crippen LogP contribution in [0.5, 0.6) is 0 Å². The van der Waals surface area contributed by atoms with Crippen molar-refractivity contribution in [3.63, 3.8) is 0 Å². The van der Waals surface area contributed by atoms with Gasteiger partial charge in [0.05, 0.1) is 0 Å². The molecule has 0 aromatic carbocycles. The molecule has 0 aromatic heterocycles. The van der Waals surface area contributed by atoms with E-state index in [0.29, 0.717) is 12.2 Å². The summed E-state index contributed by atoms with van der Waals surface area (Å²) in [5.41, 5.74) is 1.29. The summed E-state index contributed by atoms with van der Waals surface area (Å²) in [6.45, 7) is 6.17. The predicted molar refractivity (Wildman–Crippen MR) is 53.5 cm³/mol. The van der Waals surface area contributed by atoms with Gasteiger partial charge in [-0.3, -0.25) is 9.69 Å². The van der Waals surface area contributed by atoms with Gasteiger partial charge in [0.25, 0.3) is 5.91 Å². The fourth-order valence-electron chi connectivity index (χ4n) is 1.31. The summed E-state index contributed by atoms with van der Waals surface area (Å²) in [4.78, 5) is 24.3. The Morgan fingerprint density at radius 1 is 1.36 bits per heavy atom. The van der Waals surface area contributed by atoms with E-state index < -0.39 is 0 Å². The van der Waals surface area contributed by atoms with Crippen LogP contribution in [0.3, 0.4) is 0 Å². The van der Waals surface area contributed by atoms with Crippen LogP contribution in [0.1, 0.15) is 33.6 Å². The van der Waals surface area contributed by atoms with Gasteiger partial charge in [0.2, 0.25) is 0 Å². The average molecular weight is 196 g/mol. The standard InChI is InChI=1S/C10H16N2O2/c1-4-5-6-12-9(13)8(7(2)3)11-10(12)14/h4-6H2,1-3H3,(H,11,14).